The summed E-state index contributed by atoms with van der Waals surface area (Å²) < 4.78 is 0. The standard InChI is InChI=1S/C11H16.2C2H6.CH4/c1-4-10-6-7-11(5-2)9(3)8-10;2*1-2;/h6-8H,4-5H2,1-3H3;2*1-2H3;1H4. The van der Waals surface area contributed by atoms with Crippen LogP contribution in [0.15, 0.2) is 18.2 Å². The van der Waals surface area contributed by atoms with Gasteiger partial charge in [0.15, 0.2) is 0 Å². The Kier molecular flexibility index (Phi) is 18.3. The van der Waals surface area contributed by atoms with Crippen LogP contribution in [0.1, 0.15) is 65.7 Å². The third-order valence-electron chi connectivity index (χ3n) is 2.20. The highest BCUT2D eigenvalue weighted by atomic mass is 14.0. The van der Waals surface area contributed by atoms with Crippen LogP contribution < -0.4 is 0 Å². The van der Waals surface area contributed by atoms with Crippen molar-refractivity contribution in [2.24, 2.45) is 0 Å². The first-order valence-corrected chi connectivity index (χ1v) is 6.36. The molecule has 1 rings (SSSR count). The lowest BCUT2D eigenvalue weighted by molar-refractivity contribution is 1.07. The second kappa shape index (κ2) is 14.2. The molecule has 0 heterocycles. The molecule has 0 N–H and O–H groups in total. The SMILES string of the molecule is C.CC.CC.CCc1ccc(CC)c(C)c1. The van der Waals surface area contributed by atoms with Gasteiger partial charge >= 0.3 is 0 Å². The molecule has 0 spiro atoms. The van der Waals surface area contributed by atoms with Gasteiger partial charge in [-0.2, -0.15) is 0 Å². The largest absolute Gasteiger partial charge is 0.0776 e. The fourth-order valence-electron chi connectivity index (χ4n) is 1.37. The molecule has 0 fully saturated rings. The first kappa shape index (κ1) is 20.6. The van der Waals surface area contributed by atoms with E-state index in [-0.39, 0.29) is 7.43 Å². The van der Waals surface area contributed by atoms with E-state index in [4.69, 9.17) is 0 Å². The van der Waals surface area contributed by atoms with Crippen molar-refractivity contribution < 1.29 is 0 Å². The van der Waals surface area contributed by atoms with E-state index >= 15 is 0 Å². The summed E-state index contributed by atoms with van der Waals surface area (Å²) in [4.78, 5) is 0. The van der Waals surface area contributed by atoms with Gasteiger partial charge in [-0.05, 0) is 36.5 Å². The zero-order valence-electron chi connectivity index (χ0n) is 11.6. The van der Waals surface area contributed by atoms with Crippen LogP contribution in [0, 0.1) is 6.92 Å². The van der Waals surface area contributed by atoms with Gasteiger partial charge in [0.2, 0.25) is 0 Å². The predicted octanol–water partition coefficient (Wildman–Crippen LogP) is 5.81. The summed E-state index contributed by atoms with van der Waals surface area (Å²) >= 11 is 0. The van der Waals surface area contributed by atoms with Crippen LogP contribution in [-0.4, -0.2) is 0 Å². The van der Waals surface area contributed by atoms with E-state index < -0.39 is 0 Å². The lowest BCUT2D eigenvalue weighted by Crippen LogP contribution is -1.88. The van der Waals surface area contributed by atoms with Crippen LogP contribution in [0.25, 0.3) is 0 Å². The molecule has 1 aromatic carbocycles. The molecule has 0 aliphatic carbocycles. The molecule has 0 nitrogen and oxygen atoms in total. The number of benzene rings is 1. The third kappa shape index (κ3) is 7.50. The molecule has 0 atom stereocenters. The van der Waals surface area contributed by atoms with Gasteiger partial charge in [-0.25, -0.2) is 0 Å². The lowest BCUT2D eigenvalue weighted by Gasteiger charge is -2.04. The van der Waals surface area contributed by atoms with Crippen LogP contribution in [0.4, 0.5) is 0 Å². The molecule has 0 saturated heterocycles. The van der Waals surface area contributed by atoms with Gasteiger partial charge in [-0.1, -0.05) is 67.2 Å². The molecule has 0 amide bonds. The molecular weight excluding hydrogens is 192 g/mol. The van der Waals surface area contributed by atoms with E-state index in [1.54, 1.807) is 0 Å². The highest BCUT2D eigenvalue weighted by molar-refractivity contribution is 5.30. The minimum atomic E-state index is 0. The Morgan fingerprint density at radius 3 is 1.69 bits per heavy atom. The van der Waals surface area contributed by atoms with Crippen molar-refractivity contribution in [1.82, 2.24) is 0 Å². The minimum absolute atomic E-state index is 0. The second-order valence-electron chi connectivity index (χ2n) is 2.97. The van der Waals surface area contributed by atoms with Crippen molar-refractivity contribution in [3.63, 3.8) is 0 Å². The summed E-state index contributed by atoms with van der Waals surface area (Å²) in [6.45, 7) is 14.6. The minimum Gasteiger partial charge on any atom is -0.0776 e. The Balaban J connectivity index is -0.000000305. The zero-order valence-corrected chi connectivity index (χ0v) is 11.6. The van der Waals surface area contributed by atoms with Gasteiger partial charge in [-0.3, -0.25) is 0 Å². The van der Waals surface area contributed by atoms with Crippen LogP contribution in [0.3, 0.4) is 0 Å². The quantitative estimate of drug-likeness (QED) is 0.595. The van der Waals surface area contributed by atoms with Gasteiger partial charge in [-0.15, -0.1) is 0 Å². The molecule has 0 aliphatic heterocycles. The number of hydrogen-bond acceptors (Lipinski definition) is 0. The first-order valence-electron chi connectivity index (χ1n) is 6.36. The summed E-state index contributed by atoms with van der Waals surface area (Å²) in [5.74, 6) is 0. The Bertz CT molecular complexity index is 236. The predicted molar refractivity (Wildman–Crippen MR) is 79.4 cm³/mol. The molecule has 0 aromatic heterocycles. The van der Waals surface area contributed by atoms with Gasteiger partial charge < -0.3 is 0 Å². The van der Waals surface area contributed by atoms with Crippen molar-refractivity contribution in [2.75, 3.05) is 0 Å². The maximum absolute atomic E-state index is 2.29. The van der Waals surface area contributed by atoms with E-state index in [9.17, 15) is 0 Å². The summed E-state index contributed by atoms with van der Waals surface area (Å²) in [5, 5.41) is 0. The van der Waals surface area contributed by atoms with E-state index in [2.05, 4.69) is 39.0 Å². The third-order valence-corrected chi connectivity index (χ3v) is 2.20. The molecule has 0 heteroatoms. The van der Waals surface area contributed by atoms with Crippen molar-refractivity contribution in [1.29, 1.82) is 0 Å². The molecule has 0 unspecified atom stereocenters. The number of hydrogen-bond donors (Lipinski definition) is 0. The Morgan fingerprint density at radius 2 is 1.38 bits per heavy atom. The average Bonchev–Trinajstić information content (AvgIpc) is 2.34. The molecule has 16 heavy (non-hydrogen) atoms. The second-order valence-corrected chi connectivity index (χ2v) is 2.97. The van der Waals surface area contributed by atoms with Crippen molar-refractivity contribution in [3.05, 3.63) is 34.9 Å². The fraction of sp³-hybridized carbons (Fsp3) is 0.625. The van der Waals surface area contributed by atoms with Crippen LogP contribution >= 0.6 is 0 Å². The van der Waals surface area contributed by atoms with Gasteiger partial charge in [0.1, 0.15) is 0 Å². The van der Waals surface area contributed by atoms with Crippen molar-refractivity contribution >= 4 is 0 Å². The Hall–Kier alpha value is -0.780. The molecular formula is C16H32. The lowest BCUT2D eigenvalue weighted by atomic mass is 10.0. The van der Waals surface area contributed by atoms with E-state index in [0.717, 1.165) is 12.8 Å². The first-order chi connectivity index (χ1) is 7.27. The van der Waals surface area contributed by atoms with Crippen LogP contribution in [-0.2, 0) is 12.8 Å². The van der Waals surface area contributed by atoms with Crippen LogP contribution in [0.5, 0.6) is 0 Å². The summed E-state index contributed by atoms with van der Waals surface area (Å²) in [7, 11) is 0. The molecule has 96 valence electrons. The monoisotopic (exact) mass is 224 g/mol. The van der Waals surface area contributed by atoms with E-state index in [0.29, 0.717) is 0 Å². The fourth-order valence-corrected chi connectivity index (χ4v) is 1.37. The molecule has 0 bridgehead atoms. The highest BCUT2D eigenvalue weighted by Gasteiger charge is 1.95. The summed E-state index contributed by atoms with van der Waals surface area (Å²) in [6, 6.07) is 6.76. The van der Waals surface area contributed by atoms with Crippen LogP contribution in [0.2, 0.25) is 0 Å². The maximum Gasteiger partial charge on any atom is -0.0305 e. The molecule has 0 radical (unpaired) electrons. The smallest absolute Gasteiger partial charge is 0.0305 e. The number of aryl methyl sites for hydroxylation is 3. The number of rotatable bonds is 2. The van der Waals surface area contributed by atoms with Gasteiger partial charge in [0.25, 0.3) is 0 Å². The Labute approximate surface area is 104 Å². The molecule has 0 saturated carbocycles. The Morgan fingerprint density at radius 1 is 0.875 bits per heavy atom. The van der Waals surface area contributed by atoms with Gasteiger partial charge in [0, 0.05) is 0 Å². The van der Waals surface area contributed by atoms with Crippen molar-refractivity contribution in [3.8, 4) is 0 Å². The summed E-state index contributed by atoms with van der Waals surface area (Å²) in [6.07, 6.45) is 2.29. The molecule has 1 aromatic rings. The highest BCUT2D eigenvalue weighted by Crippen LogP contribution is 2.11. The zero-order chi connectivity index (χ0) is 12.3. The summed E-state index contributed by atoms with van der Waals surface area (Å²) in [5.41, 5.74) is 4.36. The molecule has 0 aliphatic rings. The normalized spacial score (nSPS) is 7.69. The van der Waals surface area contributed by atoms with Gasteiger partial charge in [0.05, 0.1) is 0 Å². The topological polar surface area (TPSA) is 0 Å². The van der Waals surface area contributed by atoms with Crippen molar-refractivity contribution in [2.45, 2.75) is 68.7 Å². The van der Waals surface area contributed by atoms with E-state index in [1.165, 1.54) is 16.7 Å². The average molecular weight is 224 g/mol. The maximum atomic E-state index is 2.29. The van der Waals surface area contributed by atoms with E-state index in [1.807, 2.05) is 27.7 Å².